The second kappa shape index (κ2) is 3.65. The molecule has 64 valence electrons. The average molecular weight is 155 g/mol. The minimum Gasteiger partial charge on any atom is -0.494 e. The van der Waals surface area contributed by atoms with E-state index in [0.29, 0.717) is 0 Å². The van der Waals surface area contributed by atoms with Crippen molar-refractivity contribution >= 4 is 0 Å². The molecule has 0 aliphatic carbocycles. The summed E-state index contributed by atoms with van der Waals surface area (Å²) < 4.78 is 5.54. The maximum absolute atomic E-state index is 5.54. The Hall–Kier alpha value is -0.660. The summed E-state index contributed by atoms with van der Waals surface area (Å²) in [5.41, 5.74) is 1.37. The highest BCUT2D eigenvalue weighted by Gasteiger charge is 2.14. The molecular formula is C9H17NO. The molecule has 1 rings (SSSR count). The fraction of sp³-hybridized carbons (Fsp3) is 0.778. The molecule has 0 bridgehead atoms. The largest absolute Gasteiger partial charge is 0.494 e. The summed E-state index contributed by atoms with van der Waals surface area (Å²) in [5, 5.41) is 0. The van der Waals surface area contributed by atoms with Crippen molar-refractivity contribution in [2.24, 2.45) is 0 Å². The van der Waals surface area contributed by atoms with E-state index in [1.807, 2.05) is 0 Å². The maximum Gasteiger partial charge on any atom is 0.115 e. The predicted molar refractivity (Wildman–Crippen MR) is 46.2 cm³/mol. The molecule has 11 heavy (non-hydrogen) atoms. The van der Waals surface area contributed by atoms with E-state index in [0.717, 1.165) is 26.0 Å². The molecule has 0 N–H and O–H groups in total. The van der Waals surface area contributed by atoms with E-state index in [9.17, 15) is 0 Å². The van der Waals surface area contributed by atoms with E-state index < -0.39 is 0 Å². The second-order valence-corrected chi connectivity index (χ2v) is 2.85. The first kappa shape index (κ1) is 8.44. The van der Waals surface area contributed by atoms with Gasteiger partial charge in [-0.25, -0.2) is 0 Å². The van der Waals surface area contributed by atoms with Crippen molar-refractivity contribution in [1.29, 1.82) is 0 Å². The highest BCUT2D eigenvalue weighted by molar-refractivity contribution is 5.08. The van der Waals surface area contributed by atoms with Gasteiger partial charge < -0.3 is 9.64 Å². The molecular weight excluding hydrogens is 138 g/mol. The number of hydrogen-bond donors (Lipinski definition) is 0. The van der Waals surface area contributed by atoms with Gasteiger partial charge in [0, 0.05) is 13.5 Å². The molecule has 0 amide bonds. The van der Waals surface area contributed by atoms with E-state index in [1.54, 1.807) is 0 Å². The molecule has 2 heteroatoms. The van der Waals surface area contributed by atoms with Gasteiger partial charge in [0.1, 0.15) is 12.4 Å². The van der Waals surface area contributed by atoms with Crippen LogP contribution in [0.25, 0.3) is 0 Å². The number of ether oxygens (including phenoxy) is 1. The van der Waals surface area contributed by atoms with Crippen LogP contribution in [0.2, 0.25) is 0 Å². The summed E-state index contributed by atoms with van der Waals surface area (Å²) in [6, 6.07) is 0. The van der Waals surface area contributed by atoms with Gasteiger partial charge in [-0.3, -0.25) is 0 Å². The first-order valence-electron chi connectivity index (χ1n) is 4.35. The molecule has 0 spiro atoms. The van der Waals surface area contributed by atoms with Crippen molar-refractivity contribution in [3.05, 3.63) is 11.5 Å². The lowest BCUT2D eigenvalue weighted by Crippen LogP contribution is -2.28. The number of likely N-dealkylation sites (N-methyl/N-ethyl adjacent to an activating group) is 1. The van der Waals surface area contributed by atoms with Gasteiger partial charge in [-0.05, 0) is 6.42 Å². The van der Waals surface area contributed by atoms with Crippen LogP contribution < -0.4 is 0 Å². The van der Waals surface area contributed by atoms with Crippen molar-refractivity contribution in [2.45, 2.75) is 26.7 Å². The second-order valence-electron chi connectivity index (χ2n) is 2.85. The fourth-order valence-electron chi connectivity index (χ4n) is 1.51. The normalized spacial score (nSPS) is 18.6. The molecule has 0 aromatic carbocycles. The van der Waals surface area contributed by atoms with E-state index in [1.165, 1.54) is 11.5 Å². The number of hydrogen-bond acceptors (Lipinski definition) is 2. The Kier molecular flexibility index (Phi) is 2.80. The summed E-state index contributed by atoms with van der Waals surface area (Å²) in [7, 11) is 2.14. The summed E-state index contributed by atoms with van der Waals surface area (Å²) in [6.07, 6.45) is 2.10. The molecule has 0 radical (unpaired) electrons. The van der Waals surface area contributed by atoms with Crippen molar-refractivity contribution in [3.63, 3.8) is 0 Å². The van der Waals surface area contributed by atoms with Crippen LogP contribution in [-0.2, 0) is 4.74 Å². The molecule has 0 fully saturated rings. The monoisotopic (exact) mass is 155 g/mol. The molecule has 1 heterocycles. The summed E-state index contributed by atoms with van der Waals surface area (Å²) >= 11 is 0. The highest BCUT2D eigenvalue weighted by atomic mass is 16.5. The van der Waals surface area contributed by atoms with Gasteiger partial charge in [-0.15, -0.1) is 0 Å². The lowest BCUT2D eigenvalue weighted by Gasteiger charge is -2.29. The van der Waals surface area contributed by atoms with Gasteiger partial charge in [-0.2, -0.15) is 0 Å². The minimum absolute atomic E-state index is 0.850. The maximum atomic E-state index is 5.54. The summed E-state index contributed by atoms with van der Waals surface area (Å²) in [4.78, 5) is 2.29. The van der Waals surface area contributed by atoms with E-state index in [4.69, 9.17) is 4.74 Å². The first-order chi connectivity index (χ1) is 5.29. The van der Waals surface area contributed by atoms with E-state index in [2.05, 4.69) is 25.8 Å². The zero-order chi connectivity index (χ0) is 8.27. The van der Waals surface area contributed by atoms with Crippen LogP contribution in [0.3, 0.4) is 0 Å². The molecule has 0 aromatic heterocycles. The van der Waals surface area contributed by atoms with Crippen LogP contribution >= 0.6 is 0 Å². The Balaban J connectivity index is 2.77. The molecule has 2 nitrogen and oxygen atoms in total. The van der Waals surface area contributed by atoms with Gasteiger partial charge in [0.25, 0.3) is 0 Å². The lowest BCUT2D eigenvalue weighted by atomic mass is 10.2. The predicted octanol–water partition coefficient (Wildman–Crippen LogP) is 1.98. The van der Waals surface area contributed by atoms with Crippen LogP contribution in [0.15, 0.2) is 11.5 Å². The molecule has 1 aliphatic heterocycles. The van der Waals surface area contributed by atoms with E-state index >= 15 is 0 Å². The van der Waals surface area contributed by atoms with E-state index in [-0.39, 0.29) is 0 Å². The molecule has 1 aliphatic rings. The molecule has 0 atom stereocenters. The van der Waals surface area contributed by atoms with Crippen LogP contribution in [0, 0.1) is 0 Å². The Morgan fingerprint density at radius 2 is 2.09 bits per heavy atom. The molecule has 0 unspecified atom stereocenters. The number of allylic oxidation sites excluding steroid dienone is 2. The lowest BCUT2D eigenvalue weighted by molar-refractivity contribution is 0.133. The third kappa shape index (κ3) is 1.67. The Bertz CT molecular complexity index is 163. The highest BCUT2D eigenvalue weighted by Crippen LogP contribution is 2.20. The van der Waals surface area contributed by atoms with Gasteiger partial charge in [0.15, 0.2) is 0 Å². The van der Waals surface area contributed by atoms with Crippen molar-refractivity contribution in [3.8, 4) is 0 Å². The summed E-state index contributed by atoms with van der Waals surface area (Å²) in [6.45, 7) is 6.20. The standard InChI is InChI=1S/C9H17NO/c1-4-8-9(5-2)11-7-6-10(8)3/h4-7H2,1-3H3. The Labute approximate surface area is 68.8 Å². The van der Waals surface area contributed by atoms with Gasteiger partial charge in [0.05, 0.1) is 12.2 Å². The summed E-state index contributed by atoms with van der Waals surface area (Å²) in [5.74, 6) is 1.18. The van der Waals surface area contributed by atoms with Gasteiger partial charge in [0.2, 0.25) is 0 Å². The SMILES string of the molecule is CCC1=C(CC)N(C)CCO1. The molecule has 0 saturated heterocycles. The van der Waals surface area contributed by atoms with Crippen molar-refractivity contribution < 1.29 is 4.74 Å². The van der Waals surface area contributed by atoms with Crippen LogP contribution in [0.1, 0.15) is 26.7 Å². The third-order valence-corrected chi connectivity index (χ3v) is 2.14. The van der Waals surface area contributed by atoms with Crippen LogP contribution in [0.5, 0.6) is 0 Å². The van der Waals surface area contributed by atoms with Gasteiger partial charge in [-0.1, -0.05) is 13.8 Å². The quantitative estimate of drug-likeness (QED) is 0.604. The number of rotatable bonds is 2. The smallest absolute Gasteiger partial charge is 0.115 e. The third-order valence-electron chi connectivity index (χ3n) is 2.14. The van der Waals surface area contributed by atoms with Gasteiger partial charge >= 0.3 is 0 Å². The molecule has 0 aromatic rings. The Morgan fingerprint density at radius 1 is 1.36 bits per heavy atom. The first-order valence-corrected chi connectivity index (χ1v) is 4.35. The zero-order valence-electron chi connectivity index (χ0n) is 7.68. The van der Waals surface area contributed by atoms with Crippen LogP contribution in [0.4, 0.5) is 0 Å². The van der Waals surface area contributed by atoms with Crippen LogP contribution in [-0.4, -0.2) is 25.1 Å². The zero-order valence-corrected chi connectivity index (χ0v) is 7.68. The van der Waals surface area contributed by atoms with Crippen molar-refractivity contribution in [1.82, 2.24) is 4.90 Å². The minimum atomic E-state index is 0.850. The average Bonchev–Trinajstić information content (AvgIpc) is 2.04. The van der Waals surface area contributed by atoms with Crippen molar-refractivity contribution in [2.75, 3.05) is 20.2 Å². The topological polar surface area (TPSA) is 12.5 Å². The molecule has 0 saturated carbocycles. The number of nitrogens with zero attached hydrogens (tertiary/aromatic N) is 1. The Morgan fingerprint density at radius 3 is 2.55 bits per heavy atom. The fourth-order valence-corrected chi connectivity index (χ4v) is 1.51.